The third kappa shape index (κ3) is 4.80. The van der Waals surface area contributed by atoms with Gasteiger partial charge in [0.1, 0.15) is 17.1 Å². The van der Waals surface area contributed by atoms with Gasteiger partial charge in [-0.1, -0.05) is 6.07 Å². The summed E-state index contributed by atoms with van der Waals surface area (Å²) in [7, 11) is 1.64. The van der Waals surface area contributed by atoms with Gasteiger partial charge in [-0.15, -0.1) is 0 Å². The summed E-state index contributed by atoms with van der Waals surface area (Å²) in [5.41, 5.74) is 3.08. The SMILES string of the molecule is Cc1c(C(=O)Cc2ccc(Oc3cc4cn[nH]c4cc3-c3ccncc3)c(F)c2)c(=O)n(-c2ccc(F)cc2)n1C. The summed E-state index contributed by atoms with van der Waals surface area (Å²) in [5, 5.41) is 7.79. The van der Waals surface area contributed by atoms with Crippen LogP contribution in [0.3, 0.4) is 0 Å². The third-order valence-electron chi connectivity index (χ3n) is 7.02. The number of benzene rings is 3. The number of pyridine rings is 1. The van der Waals surface area contributed by atoms with Crippen LogP contribution < -0.4 is 10.3 Å². The van der Waals surface area contributed by atoms with Gasteiger partial charge >= 0.3 is 0 Å². The second kappa shape index (κ2) is 10.3. The lowest BCUT2D eigenvalue weighted by atomic mass is 10.0. The number of hydrogen-bond donors (Lipinski definition) is 1. The second-order valence-corrected chi connectivity index (χ2v) is 9.59. The van der Waals surface area contributed by atoms with Crippen molar-refractivity contribution >= 4 is 16.7 Å². The topological polar surface area (TPSA) is 94.8 Å². The Bertz CT molecular complexity index is 1980. The number of aromatic nitrogens is 5. The first-order valence-corrected chi connectivity index (χ1v) is 12.7. The molecule has 6 rings (SSSR count). The molecular weight excluding hydrogens is 528 g/mol. The van der Waals surface area contributed by atoms with E-state index < -0.39 is 23.0 Å². The van der Waals surface area contributed by atoms with Crippen LogP contribution in [0.1, 0.15) is 21.6 Å². The molecule has 6 aromatic rings. The van der Waals surface area contributed by atoms with Crippen LogP contribution in [0.5, 0.6) is 11.5 Å². The number of nitrogens with zero attached hydrogens (tertiary/aromatic N) is 4. The number of carbonyl (C=O) groups is 1. The van der Waals surface area contributed by atoms with Gasteiger partial charge in [0.05, 0.1) is 17.4 Å². The number of H-pyrrole nitrogens is 1. The van der Waals surface area contributed by atoms with Gasteiger partial charge < -0.3 is 4.74 Å². The maximum absolute atomic E-state index is 15.3. The monoisotopic (exact) mass is 551 g/mol. The van der Waals surface area contributed by atoms with Gasteiger partial charge in [-0.2, -0.15) is 5.10 Å². The van der Waals surface area contributed by atoms with Gasteiger partial charge in [0.25, 0.3) is 5.56 Å². The zero-order valence-electron chi connectivity index (χ0n) is 22.1. The molecule has 0 bridgehead atoms. The first kappa shape index (κ1) is 25.9. The largest absolute Gasteiger partial charge is 0.454 e. The molecule has 3 heterocycles. The van der Waals surface area contributed by atoms with Crippen molar-refractivity contribution in [3.63, 3.8) is 0 Å². The molecule has 1 N–H and O–H groups in total. The summed E-state index contributed by atoms with van der Waals surface area (Å²) in [4.78, 5) is 30.5. The lowest BCUT2D eigenvalue weighted by Crippen LogP contribution is -2.23. The maximum atomic E-state index is 15.3. The van der Waals surface area contributed by atoms with E-state index in [1.165, 1.54) is 45.8 Å². The Hall–Kier alpha value is -5.38. The molecule has 0 amide bonds. The summed E-state index contributed by atoms with van der Waals surface area (Å²) in [6.07, 6.45) is 4.78. The van der Waals surface area contributed by atoms with E-state index >= 15 is 4.39 Å². The van der Waals surface area contributed by atoms with Crippen LogP contribution >= 0.6 is 0 Å². The molecule has 8 nitrogen and oxygen atoms in total. The van der Waals surface area contributed by atoms with Gasteiger partial charge in [-0.05, 0) is 78.7 Å². The molecular formula is C31H23F2N5O3. The van der Waals surface area contributed by atoms with Crippen LogP contribution in [0.15, 0.2) is 90.1 Å². The van der Waals surface area contributed by atoms with Crippen LogP contribution in [-0.2, 0) is 13.5 Å². The standard InChI is InChI=1S/C31H23F2N5O3/c1-18-30(31(40)38(37(18)2)23-6-4-22(32)5-7-23)27(39)14-19-3-8-28(25(33)13-19)41-29-15-21-17-35-36-26(21)16-24(29)20-9-11-34-12-10-20/h3-13,15-17H,14H2,1-2H3,(H,35,36). The molecule has 0 aliphatic rings. The second-order valence-electron chi connectivity index (χ2n) is 9.59. The highest BCUT2D eigenvalue weighted by Crippen LogP contribution is 2.37. The summed E-state index contributed by atoms with van der Waals surface area (Å²) in [5.74, 6) is -1.14. The molecule has 0 spiro atoms. The molecule has 0 radical (unpaired) electrons. The molecule has 0 aliphatic heterocycles. The molecule has 3 aromatic heterocycles. The number of nitrogens with one attached hydrogen (secondary N) is 1. The quantitative estimate of drug-likeness (QED) is 0.249. The van der Waals surface area contributed by atoms with Crippen molar-refractivity contribution in [2.45, 2.75) is 13.3 Å². The number of ketones is 1. The van der Waals surface area contributed by atoms with Crippen molar-refractivity contribution in [2.24, 2.45) is 7.05 Å². The van der Waals surface area contributed by atoms with Gasteiger partial charge in [-0.3, -0.25) is 24.4 Å². The Morgan fingerprint density at radius 2 is 1.73 bits per heavy atom. The zero-order valence-corrected chi connectivity index (χ0v) is 22.1. The molecule has 3 aromatic carbocycles. The maximum Gasteiger partial charge on any atom is 0.282 e. The van der Waals surface area contributed by atoms with Gasteiger partial charge in [0.15, 0.2) is 17.3 Å². The highest BCUT2D eigenvalue weighted by molar-refractivity contribution is 5.98. The van der Waals surface area contributed by atoms with Crippen LogP contribution in [0.4, 0.5) is 8.78 Å². The number of aromatic amines is 1. The van der Waals surface area contributed by atoms with E-state index in [-0.39, 0.29) is 17.7 Å². The summed E-state index contributed by atoms with van der Waals surface area (Å²) < 4.78 is 37.6. The first-order chi connectivity index (χ1) is 19.8. The molecule has 0 saturated heterocycles. The Balaban J connectivity index is 1.28. The minimum absolute atomic E-state index is 0.00651. The number of hydrogen-bond acceptors (Lipinski definition) is 5. The number of ether oxygens (including phenoxy) is 1. The smallest absolute Gasteiger partial charge is 0.282 e. The predicted molar refractivity (Wildman–Crippen MR) is 150 cm³/mol. The zero-order chi connectivity index (χ0) is 28.7. The van der Waals surface area contributed by atoms with E-state index in [0.29, 0.717) is 22.7 Å². The Morgan fingerprint density at radius 3 is 2.46 bits per heavy atom. The summed E-state index contributed by atoms with van der Waals surface area (Å²) in [6.45, 7) is 1.66. The van der Waals surface area contributed by atoms with E-state index in [9.17, 15) is 14.0 Å². The molecule has 0 saturated carbocycles. The van der Waals surface area contributed by atoms with Crippen LogP contribution in [0.2, 0.25) is 0 Å². The van der Waals surface area contributed by atoms with E-state index in [4.69, 9.17) is 4.74 Å². The van der Waals surface area contributed by atoms with E-state index in [1.807, 2.05) is 18.2 Å². The van der Waals surface area contributed by atoms with Crippen LogP contribution in [0, 0.1) is 18.6 Å². The average Bonchev–Trinajstić information content (AvgIpc) is 3.51. The number of Topliss-reactive ketones (excluding diaryl/α,β-unsaturated/α-hetero) is 1. The molecule has 0 unspecified atom stereocenters. The Kier molecular flexibility index (Phi) is 6.50. The normalized spacial score (nSPS) is 11.2. The summed E-state index contributed by atoms with van der Waals surface area (Å²) in [6, 6.07) is 17.0. The molecule has 0 aliphatic carbocycles. The van der Waals surface area contributed by atoms with Crippen LogP contribution in [-0.4, -0.2) is 30.3 Å². The summed E-state index contributed by atoms with van der Waals surface area (Å²) >= 11 is 0. The fourth-order valence-corrected chi connectivity index (χ4v) is 4.84. The predicted octanol–water partition coefficient (Wildman–Crippen LogP) is 5.92. The minimum Gasteiger partial charge on any atom is -0.454 e. The fourth-order valence-electron chi connectivity index (χ4n) is 4.84. The molecule has 10 heteroatoms. The van der Waals surface area contributed by atoms with Gasteiger partial charge in [-0.25, -0.2) is 13.5 Å². The van der Waals surface area contributed by atoms with Gasteiger partial charge in [0, 0.05) is 42.5 Å². The highest BCUT2D eigenvalue weighted by atomic mass is 19.1. The molecule has 0 atom stereocenters. The van der Waals surface area contributed by atoms with Crippen molar-refractivity contribution < 1.29 is 18.3 Å². The number of halogens is 2. The van der Waals surface area contributed by atoms with E-state index in [1.54, 1.807) is 44.7 Å². The third-order valence-corrected chi connectivity index (χ3v) is 7.02. The van der Waals surface area contributed by atoms with Crippen molar-refractivity contribution in [3.8, 4) is 28.3 Å². The molecule has 41 heavy (non-hydrogen) atoms. The fraction of sp³-hybridized carbons (Fsp3) is 0.0968. The minimum atomic E-state index is -0.656. The van der Waals surface area contributed by atoms with Crippen molar-refractivity contribution in [3.05, 3.63) is 124 Å². The van der Waals surface area contributed by atoms with Crippen LogP contribution in [0.25, 0.3) is 27.7 Å². The highest BCUT2D eigenvalue weighted by Gasteiger charge is 2.23. The van der Waals surface area contributed by atoms with E-state index in [0.717, 1.165) is 22.0 Å². The number of carbonyl (C=O) groups excluding carboxylic acids is 1. The van der Waals surface area contributed by atoms with E-state index in [2.05, 4.69) is 15.2 Å². The number of rotatable bonds is 7. The molecule has 0 fully saturated rings. The lowest BCUT2D eigenvalue weighted by Gasteiger charge is -2.13. The van der Waals surface area contributed by atoms with Crippen molar-refractivity contribution in [1.29, 1.82) is 0 Å². The Morgan fingerprint density at radius 1 is 0.976 bits per heavy atom. The van der Waals surface area contributed by atoms with Crippen molar-refractivity contribution in [1.82, 2.24) is 24.5 Å². The molecule has 204 valence electrons. The average molecular weight is 552 g/mol. The first-order valence-electron chi connectivity index (χ1n) is 12.7. The Labute approximate surface area is 232 Å². The van der Waals surface area contributed by atoms with Crippen molar-refractivity contribution in [2.75, 3.05) is 0 Å². The lowest BCUT2D eigenvalue weighted by molar-refractivity contribution is 0.0991. The number of fused-ring (bicyclic) bond motifs is 1. The van der Waals surface area contributed by atoms with Gasteiger partial charge in [0.2, 0.25) is 0 Å².